The Kier molecular flexibility index (Phi) is 7.43. The number of ketones is 1. The minimum Gasteiger partial charge on any atom is -0.454 e. The molecule has 3 aromatic carbocycles. The smallest absolute Gasteiger partial charge is 0.214 e. The van der Waals surface area contributed by atoms with Gasteiger partial charge in [0, 0.05) is 23.0 Å². The number of nitrogens with one attached hydrogen (secondary N) is 1. The predicted octanol–water partition coefficient (Wildman–Crippen LogP) is 7.10. The van der Waals surface area contributed by atoms with Gasteiger partial charge in [-0.3, -0.25) is 4.79 Å². The molecule has 5 aromatic rings. The van der Waals surface area contributed by atoms with Crippen LogP contribution in [0.1, 0.15) is 54.2 Å². The highest BCUT2D eigenvalue weighted by atomic mass is 19.2. The van der Waals surface area contributed by atoms with Gasteiger partial charge >= 0.3 is 0 Å². The Morgan fingerprint density at radius 2 is 1.77 bits per heavy atom. The number of carbonyl (C=O) groups excluding carboxylic acids is 1. The summed E-state index contributed by atoms with van der Waals surface area (Å²) in [6.07, 6.45) is 2.94. The fourth-order valence-corrected chi connectivity index (χ4v) is 5.61. The third kappa shape index (κ3) is 5.36. The zero-order valence-electron chi connectivity index (χ0n) is 23.5. The molecule has 6 rings (SSSR count). The summed E-state index contributed by atoms with van der Waals surface area (Å²) in [5, 5.41) is 4.64. The van der Waals surface area contributed by atoms with Crippen LogP contribution in [0.4, 0.5) is 23.4 Å². The van der Waals surface area contributed by atoms with E-state index in [2.05, 4.69) is 28.8 Å². The first kappa shape index (κ1) is 28.5. The molecule has 1 fully saturated rings. The summed E-state index contributed by atoms with van der Waals surface area (Å²) < 4.78 is 64.0. The number of carbonyl (C=O) groups is 1. The maximum Gasteiger partial charge on any atom is 0.214 e. The van der Waals surface area contributed by atoms with Crippen LogP contribution in [0.5, 0.6) is 11.5 Å². The second-order valence-electron chi connectivity index (χ2n) is 11.0. The highest BCUT2D eigenvalue weighted by Gasteiger charge is 2.26. The summed E-state index contributed by atoms with van der Waals surface area (Å²) in [5.74, 6) is -4.42. The largest absolute Gasteiger partial charge is 0.454 e. The van der Waals surface area contributed by atoms with E-state index < -0.39 is 29.0 Å². The summed E-state index contributed by atoms with van der Waals surface area (Å²) in [6, 6.07) is 12.2. The molecule has 0 radical (unpaired) electrons. The quantitative estimate of drug-likeness (QED) is 0.156. The van der Waals surface area contributed by atoms with E-state index in [-0.39, 0.29) is 40.2 Å². The van der Waals surface area contributed by atoms with Gasteiger partial charge in [-0.2, -0.15) is 9.49 Å². The normalized spacial score (nSPS) is 14.6. The molecular formula is C32H29F4N5O2. The van der Waals surface area contributed by atoms with E-state index in [1.165, 1.54) is 36.5 Å². The zero-order valence-corrected chi connectivity index (χ0v) is 23.5. The van der Waals surface area contributed by atoms with Crippen molar-refractivity contribution in [3.05, 3.63) is 101 Å². The number of nitrogens with zero attached hydrogens (tertiary/aromatic N) is 3. The van der Waals surface area contributed by atoms with Crippen molar-refractivity contribution in [2.24, 2.45) is 0 Å². The second kappa shape index (κ2) is 11.2. The Hall–Kier alpha value is -4.64. The van der Waals surface area contributed by atoms with Gasteiger partial charge < -0.3 is 20.4 Å². The Morgan fingerprint density at radius 1 is 1.00 bits per heavy atom. The maximum atomic E-state index is 15.1. The van der Waals surface area contributed by atoms with Crippen molar-refractivity contribution in [2.75, 3.05) is 18.8 Å². The lowest BCUT2D eigenvalue weighted by molar-refractivity contribution is 0.103. The lowest BCUT2D eigenvalue weighted by Gasteiger charge is -2.34. The number of hydrogen-bond acceptors (Lipinski definition) is 5. The highest BCUT2D eigenvalue weighted by Crippen LogP contribution is 2.34. The Balaban J connectivity index is 1.23. The summed E-state index contributed by atoms with van der Waals surface area (Å²) in [7, 11) is 0. The summed E-state index contributed by atoms with van der Waals surface area (Å²) in [4.78, 5) is 18.9. The third-order valence-electron chi connectivity index (χ3n) is 8.02. The number of hydrogen-bond donors (Lipinski definition) is 2. The molecule has 0 saturated carbocycles. The van der Waals surface area contributed by atoms with Crippen LogP contribution in [0.25, 0.3) is 16.6 Å². The van der Waals surface area contributed by atoms with Crippen LogP contribution in [-0.4, -0.2) is 44.6 Å². The molecule has 0 atom stereocenters. The van der Waals surface area contributed by atoms with Crippen molar-refractivity contribution in [2.45, 2.75) is 38.6 Å². The van der Waals surface area contributed by atoms with Gasteiger partial charge in [-0.15, -0.1) is 0 Å². The van der Waals surface area contributed by atoms with E-state index in [0.29, 0.717) is 22.5 Å². The SMILES string of the molecule is CC(C)N1CCC(c2cc3[nH]c(C(=O)c4cnn(-c5ccc(Oc6cccc(F)c6F)cc5F)c4N)cc3cc2F)CC1. The van der Waals surface area contributed by atoms with Crippen molar-refractivity contribution in [3.8, 4) is 17.2 Å². The first-order valence-electron chi connectivity index (χ1n) is 14.0. The lowest BCUT2D eigenvalue weighted by atomic mass is 9.88. The van der Waals surface area contributed by atoms with Gasteiger partial charge in [-0.05, 0) is 93.7 Å². The monoisotopic (exact) mass is 591 g/mol. The van der Waals surface area contributed by atoms with Crippen molar-refractivity contribution in [1.29, 1.82) is 0 Å². The van der Waals surface area contributed by atoms with Gasteiger partial charge in [0.1, 0.15) is 23.1 Å². The van der Waals surface area contributed by atoms with E-state index >= 15 is 8.78 Å². The second-order valence-corrected chi connectivity index (χ2v) is 11.0. The van der Waals surface area contributed by atoms with E-state index in [4.69, 9.17) is 10.5 Å². The topological polar surface area (TPSA) is 89.2 Å². The van der Waals surface area contributed by atoms with E-state index in [0.717, 1.165) is 42.7 Å². The number of H-pyrrole nitrogens is 1. The minimum absolute atomic E-state index is 0.0230. The molecule has 2 aromatic heterocycles. The van der Waals surface area contributed by atoms with E-state index in [9.17, 15) is 13.6 Å². The summed E-state index contributed by atoms with van der Waals surface area (Å²) in [5.41, 5.74) is 7.61. The number of likely N-dealkylation sites (tertiary alicyclic amines) is 1. The summed E-state index contributed by atoms with van der Waals surface area (Å²) >= 11 is 0. The van der Waals surface area contributed by atoms with Crippen LogP contribution in [0, 0.1) is 23.3 Å². The van der Waals surface area contributed by atoms with Crippen LogP contribution in [0.3, 0.4) is 0 Å². The van der Waals surface area contributed by atoms with Gasteiger partial charge in [0.2, 0.25) is 11.6 Å². The molecule has 0 bridgehead atoms. The number of ether oxygens (including phenoxy) is 1. The number of nitrogens with two attached hydrogens (primary N) is 1. The Morgan fingerprint density at radius 3 is 2.49 bits per heavy atom. The van der Waals surface area contributed by atoms with E-state index in [1.54, 1.807) is 12.1 Å². The Bertz CT molecular complexity index is 1840. The first-order chi connectivity index (χ1) is 20.6. The number of nitrogen functional groups attached to an aromatic ring is 1. The molecule has 11 heteroatoms. The molecule has 3 N–H and O–H groups in total. The molecule has 7 nitrogen and oxygen atoms in total. The van der Waals surface area contributed by atoms with Gasteiger partial charge in [-0.25, -0.2) is 17.9 Å². The average Bonchev–Trinajstić information content (AvgIpc) is 3.58. The van der Waals surface area contributed by atoms with Crippen molar-refractivity contribution in [1.82, 2.24) is 19.7 Å². The number of piperidine rings is 1. The molecule has 222 valence electrons. The average molecular weight is 592 g/mol. The molecule has 0 unspecified atom stereocenters. The van der Waals surface area contributed by atoms with Crippen LogP contribution in [-0.2, 0) is 0 Å². The fourth-order valence-electron chi connectivity index (χ4n) is 5.61. The van der Waals surface area contributed by atoms with Crippen molar-refractivity contribution < 1.29 is 27.1 Å². The standard InChI is InChI=1S/C32H29F4N5O2/c1-17(2)40-10-8-18(9-11-40)21-15-26-19(12-24(21)34)13-27(39-26)31(42)22-16-38-41(32(22)37)28-7-6-20(14-25(28)35)43-29-5-3-4-23(33)30(29)36/h3-7,12-18,39H,8-11,37H2,1-2H3. The number of aromatic amines is 1. The first-order valence-corrected chi connectivity index (χ1v) is 14.0. The number of benzene rings is 3. The van der Waals surface area contributed by atoms with Crippen LogP contribution >= 0.6 is 0 Å². The van der Waals surface area contributed by atoms with Gasteiger partial charge in [0.25, 0.3) is 0 Å². The van der Waals surface area contributed by atoms with Crippen LogP contribution < -0.4 is 10.5 Å². The van der Waals surface area contributed by atoms with Gasteiger partial charge in [0.05, 0.1) is 17.5 Å². The number of fused-ring (bicyclic) bond motifs is 1. The van der Waals surface area contributed by atoms with Gasteiger partial charge in [0.15, 0.2) is 17.4 Å². The zero-order chi connectivity index (χ0) is 30.4. The lowest BCUT2D eigenvalue weighted by Crippen LogP contribution is -2.38. The van der Waals surface area contributed by atoms with Crippen molar-refractivity contribution >= 4 is 22.5 Å². The van der Waals surface area contributed by atoms with Crippen molar-refractivity contribution in [3.63, 3.8) is 0 Å². The molecular weight excluding hydrogens is 562 g/mol. The van der Waals surface area contributed by atoms with Crippen LogP contribution in [0.15, 0.2) is 60.8 Å². The van der Waals surface area contributed by atoms with E-state index in [1.807, 2.05) is 0 Å². The van der Waals surface area contributed by atoms with Crippen LogP contribution in [0.2, 0.25) is 0 Å². The molecule has 1 aliphatic rings. The highest BCUT2D eigenvalue weighted by molar-refractivity contribution is 6.12. The maximum absolute atomic E-state index is 15.1. The molecule has 1 saturated heterocycles. The molecule has 3 heterocycles. The van der Waals surface area contributed by atoms with Gasteiger partial charge in [-0.1, -0.05) is 6.07 Å². The predicted molar refractivity (Wildman–Crippen MR) is 155 cm³/mol. The minimum atomic E-state index is -1.20. The Labute approximate surface area is 244 Å². The fraction of sp³-hybridized carbons (Fsp3) is 0.250. The summed E-state index contributed by atoms with van der Waals surface area (Å²) in [6.45, 7) is 6.12. The number of rotatable bonds is 7. The molecule has 1 aliphatic heterocycles. The number of halogens is 4. The molecule has 0 amide bonds. The molecule has 43 heavy (non-hydrogen) atoms. The number of aromatic nitrogens is 3. The molecule has 0 aliphatic carbocycles. The number of anilines is 1. The molecule has 0 spiro atoms. The third-order valence-corrected chi connectivity index (χ3v) is 8.02.